The highest BCUT2D eigenvalue weighted by atomic mass is 16.2. The van der Waals surface area contributed by atoms with Crippen molar-refractivity contribution in [2.75, 3.05) is 5.32 Å². The van der Waals surface area contributed by atoms with E-state index in [1.807, 2.05) is 63.2 Å². The van der Waals surface area contributed by atoms with Gasteiger partial charge in [0.05, 0.1) is 5.69 Å². The fraction of sp³-hybridized carbons (Fsp3) is 0.190. The first-order valence-corrected chi connectivity index (χ1v) is 8.58. The Morgan fingerprint density at radius 2 is 1.65 bits per heavy atom. The second kappa shape index (κ2) is 5.95. The van der Waals surface area contributed by atoms with E-state index in [1.165, 1.54) is 0 Å². The lowest BCUT2D eigenvalue weighted by atomic mass is 9.95. The monoisotopic (exact) mass is 344 g/mol. The molecule has 5 nitrogen and oxygen atoms in total. The van der Waals surface area contributed by atoms with E-state index in [9.17, 15) is 4.79 Å². The van der Waals surface area contributed by atoms with Crippen LogP contribution >= 0.6 is 0 Å². The zero-order chi connectivity index (χ0) is 18.3. The third kappa shape index (κ3) is 2.92. The fourth-order valence-electron chi connectivity index (χ4n) is 2.80. The summed E-state index contributed by atoms with van der Waals surface area (Å²) in [6.07, 6.45) is 0. The molecule has 0 aliphatic carbocycles. The Hall–Kier alpha value is -3.21. The molecule has 4 aromatic rings. The Balaban J connectivity index is 1.75. The molecular weight excluding hydrogens is 324 g/mol. The predicted molar refractivity (Wildman–Crippen MR) is 104 cm³/mol. The molecule has 26 heavy (non-hydrogen) atoms. The summed E-state index contributed by atoms with van der Waals surface area (Å²) in [5.74, 6) is -0.0294. The first-order valence-electron chi connectivity index (χ1n) is 8.58. The van der Waals surface area contributed by atoms with E-state index in [4.69, 9.17) is 0 Å². The smallest absolute Gasteiger partial charge is 0.229 e. The summed E-state index contributed by atoms with van der Waals surface area (Å²) in [7, 11) is 0. The Bertz CT molecular complexity index is 1120. The summed E-state index contributed by atoms with van der Waals surface area (Å²) >= 11 is 0. The second-order valence-electron chi connectivity index (χ2n) is 7.40. The summed E-state index contributed by atoms with van der Waals surface area (Å²) in [6, 6.07) is 19.8. The average molecular weight is 344 g/mol. The molecule has 0 unspecified atom stereocenters. The summed E-state index contributed by atoms with van der Waals surface area (Å²) < 4.78 is 0. The number of fused-ring (bicyclic) bond motifs is 2. The van der Waals surface area contributed by atoms with Gasteiger partial charge in [-0.05, 0) is 29.7 Å². The summed E-state index contributed by atoms with van der Waals surface area (Å²) in [5.41, 5.74) is 2.73. The maximum absolute atomic E-state index is 12.2. The Morgan fingerprint density at radius 3 is 2.46 bits per heavy atom. The van der Waals surface area contributed by atoms with Gasteiger partial charge in [-0.2, -0.15) is 0 Å². The highest BCUT2D eigenvalue weighted by Crippen LogP contribution is 2.24. The minimum atomic E-state index is -0.449. The van der Waals surface area contributed by atoms with E-state index in [0.717, 1.165) is 33.2 Å². The first-order chi connectivity index (χ1) is 12.4. The molecule has 1 aromatic heterocycles. The van der Waals surface area contributed by atoms with Gasteiger partial charge in [0.2, 0.25) is 5.91 Å². The van der Waals surface area contributed by atoms with Crippen LogP contribution in [0.5, 0.6) is 0 Å². The predicted octanol–water partition coefficient (Wildman–Crippen LogP) is 4.56. The van der Waals surface area contributed by atoms with Crippen LogP contribution in [0.15, 0.2) is 60.7 Å². The van der Waals surface area contributed by atoms with Crippen LogP contribution in [0, 0.1) is 5.41 Å². The van der Waals surface area contributed by atoms with Crippen LogP contribution in [0.1, 0.15) is 20.8 Å². The lowest BCUT2D eigenvalue weighted by Crippen LogP contribution is -2.27. The largest absolute Gasteiger partial charge is 0.326 e. The molecular formula is C21H20N4O. The van der Waals surface area contributed by atoms with Crippen molar-refractivity contribution in [3.63, 3.8) is 0 Å². The zero-order valence-electron chi connectivity index (χ0n) is 15.0. The van der Waals surface area contributed by atoms with Crippen LogP contribution < -0.4 is 5.32 Å². The van der Waals surface area contributed by atoms with E-state index >= 15 is 0 Å². The van der Waals surface area contributed by atoms with E-state index in [-0.39, 0.29) is 5.91 Å². The average Bonchev–Trinajstić information content (AvgIpc) is 3.03. The fourth-order valence-corrected chi connectivity index (χ4v) is 2.80. The quantitative estimate of drug-likeness (QED) is 0.580. The van der Waals surface area contributed by atoms with Crippen LogP contribution in [0.25, 0.3) is 27.5 Å². The number of hydrogen-bond donors (Lipinski definition) is 1. The number of amides is 1. The van der Waals surface area contributed by atoms with Gasteiger partial charge in [0, 0.05) is 16.5 Å². The van der Waals surface area contributed by atoms with Crippen LogP contribution in [0.4, 0.5) is 5.69 Å². The van der Waals surface area contributed by atoms with Gasteiger partial charge in [0.15, 0.2) is 0 Å². The number of anilines is 1. The number of nitrogens with one attached hydrogen (secondary N) is 1. The molecule has 1 N–H and O–H groups in total. The van der Waals surface area contributed by atoms with Crippen molar-refractivity contribution in [2.24, 2.45) is 5.41 Å². The van der Waals surface area contributed by atoms with Crippen LogP contribution in [0.3, 0.4) is 0 Å². The van der Waals surface area contributed by atoms with Gasteiger partial charge in [-0.25, -0.2) is 0 Å². The van der Waals surface area contributed by atoms with E-state index in [2.05, 4.69) is 33.7 Å². The lowest BCUT2D eigenvalue weighted by Gasteiger charge is -2.17. The number of nitrogens with zero attached hydrogens (tertiary/aromatic N) is 3. The number of aromatic nitrogens is 3. The number of hydrogen-bond acceptors (Lipinski definition) is 3. The molecule has 3 aromatic carbocycles. The van der Waals surface area contributed by atoms with Gasteiger partial charge < -0.3 is 5.32 Å². The molecule has 0 aliphatic heterocycles. The van der Waals surface area contributed by atoms with Crippen LogP contribution in [0.2, 0.25) is 0 Å². The molecule has 0 fully saturated rings. The van der Waals surface area contributed by atoms with Crippen molar-refractivity contribution in [1.82, 2.24) is 15.0 Å². The Morgan fingerprint density at radius 1 is 0.923 bits per heavy atom. The van der Waals surface area contributed by atoms with Gasteiger partial charge >= 0.3 is 0 Å². The Labute approximate surface area is 151 Å². The molecule has 4 rings (SSSR count). The molecule has 130 valence electrons. The normalized spacial score (nSPS) is 11.8. The minimum absolute atomic E-state index is 0.0294. The van der Waals surface area contributed by atoms with Gasteiger partial charge in [-0.15, -0.1) is 15.0 Å². The van der Waals surface area contributed by atoms with Crippen molar-refractivity contribution in [1.29, 1.82) is 0 Å². The van der Waals surface area contributed by atoms with Gasteiger partial charge in [0.25, 0.3) is 0 Å². The minimum Gasteiger partial charge on any atom is -0.326 e. The van der Waals surface area contributed by atoms with Crippen molar-refractivity contribution in [3.8, 4) is 5.69 Å². The highest BCUT2D eigenvalue weighted by Gasteiger charge is 2.21. The molecule has 0 spiro atoms. The third-order valence-electron chi connectivity index (χ3n) is 4.30. The molecule has 0 radical (unpaired) electrons. The maximum Gasteiger partial charge on any atom is 0.229 e. The zero-order valence-corrected chi connectivity index (χ0v) is 15.0. The molecule has 0 saturated heterocycles. The van der Waals surface area contributed by atoms with Crippen molar-refractivity contribution >= 4 is 33.4 Å². The van der Waals surface area contributed by atoms with Crippen molar-refractivity contribution < 1.29 is 4.79 Å². The van der Waals surface area contributed by atoms with E-state index in [0.29, 0.717) is 0 Å². The molecule has 0 aliphatic rings. The molecule has 5 heteroatoms. The van der Waals surface area contributed by atoms with Gasteiger partial charge in [0.1, 0.15) is 11.0 Å². The van der Waals surface area contributed by atoms with E-state index in [1.54, 1.807) is 4.80 Å². The van der Waals surface area contributed by atoms with E-state index < -0.39 is 5.41 Å². The van der Waals surface area contributed by atoms with Gasteiger partial charge in [-0.1, -0.05) is 57.2 Å². The van der Waals surface area contributed by atoms with Crippen molar-refractivity contribution in [2.45, 2.75) is 20.8 Å². The summed E-state index contributed by atoms with van der Waals surface area (Å²) in [4.78, 5) is 13.8. The molecule has 1 amide bonds. The van der Waals surface area contributed by atoms with Crippen molar-refractivity contribution in [3.05, 3.63) is 60.7 Å². The summed E-state index contributed by atoms with van der Waals surface area (Å²) in [6.45, 7) is 5.66. The molecule has 0 atom stereocenters. The standard InChI is InChI=1S/C21H20N4O/c1-21(2,3)20(26)22-15-11-12-17-18(13-15)24-25(23-17)19-10-6-8-14-7-4-5-9-16(14)19/h4-13H,1-3H3,(H,22,26). The Kier molecular flexibility index (Phi) is 3.72. The molecule has 0 saturated carbocycles. The third-order valence-corrected chi connectivity index (χ3v) is 4.30. The lowest BCUT2D eigenvalue weighted by molar-refractivity contribution is -0.123. The number of carbonyl (C=O) groups excluding carboxylic acids is 1. The molecule has 0 bridgehead atoms. The SMILES string of the molecule is CC(C)(C)C(=O)Nc1ccc2nn(-c3cccc4ccccc34)nc2c1. The van der Waals surface area contributed by atoms with Crippen LogP contribution in [-0.2, 0) is 4.79 Å². The highest BCUT2D eigenvalue weighted by molar-refractivity contribution is 5.96. The van der Waals surface area contributed by atoms with Gasteiger partial charge in [-0.3, -0.25) is 4.79 Å². The number of benzene rings is 3. The topological polar surface area (TPSA) is 59.8 Å². The molecule has 1 heterocycles. The van der Waals surface area contributed by atoms with Crippen LogP contribution in [-0.4, -0.2) is 20.9 Å². The summed E-state index contributed by atoms with van der Waals surface area (Å²) in [5, 5.41) is 14.4. The first kappa shape index (κ1) is 16.3. The second-order valence-corrected chi connectivity index (χ2v) is 7.40. The number of rotatable bonds is 2. The number of carbonyl (C=O) groups is 1. The maximum atomic E-state index is 12.2.